The number of piperazine rings is 1. The van der Waals surface area contributed by atoms with Crippen molar-refractivity contribution in [3.63, 3.8) is 0 Å². The number of carboxylic acid groups (broad SMARTS) is 6. The first-order valence-corrected chi connectivity index (χ1v) is 24.7. The lowest BCUT2D eigenvalue weighted by Crippen LogP contribution is -2.51. The summed E-state index contributed by atoms with van der Waals surface area (Å²) < 4.78 is 13.1. The van der Waals surface area contributed by atoms with Gasteiger partial charge < -0.3 is 82.6 Å². The van der Waals surface area contributed by atoms with Crippen LogP contribution in [0.5, 0.6) is 0 Å². The highest BCUT2D eigenvalue weighted by Crippen LogP contribution is 2.25. The predicted molar refractivity (Wildman–Crippen MR) is 272 cm³/mol. The lowest BCUT2D eigenvalue weighted by molar-refractivity contribution is -0.142. The number of carboxylic acids is 6. The van der Waals surface area contributed by atoms with Crippen molar-refractivity contribution >= 4 is 82.8 Å². The fourth-order valence-electron chi connectivity index (χ4n) is 7.78. The van der Waals surface area contributed by atoms with Crippen LogP contribution in [-0.2, 0) is 35.2 Å². The quantitative estimate of drug-likeness (QED) is 0.0370. The molecule has 1 saturated heterocycles. The van der Waals surface area contributed by atoms with Crippen LogP contribution in [0.15, 0.2) is 42.5 Å². The Labute approximate surface area is 441 Å². The molecule has 0 spiro atoms. The molecule has 2 aromatic rings. The molecular weight excluding hydrogens is 1020 g/mol. The first kappa shape index (κ1) is 62.7. The number of nitrogens with zero attached hydrogens (tertiary/aromatic N) is 3. The Morgan fingerprint density at radius 3 is 1.62 bits per heavy atom. The van der Waals surface area contributed by atoms with Crippen LogP contribution in [0.25, 0.3) is 0 Å². The molecule has 0 saturated carbocycles. The molecule has 0 radical (unpaired) electrons. The monoisotopic (exact) mass is 1090 g/mol. The maximum absolute atomic E-state index is 14.2. The number of amides is 8. The molecular formula is C49H67FN10O17. The molecule has 77 heavy (non-hydrogen) atoms. The Balaban J connectivity index is 1.69. The summed E-state index contributed by atoms with van der Waals surface area (Å²) in [5, 5.41) is 78.2. The van der Waals surface area contributed by atoms with Gasteiger partial charge in [-0.15, -0.1) is 0 Å². The zero-order valence-corrected chi connectivity index (χ0v) is 42.5. The molecule has 1 fully saturated rings. The highest BCUT2D eigenvalue weighted by molar-refractivity contribution is 6.02. The minimum Gasteiger partial charge on any atom is -0.481 e. The van der Waals surface area contributed by atoms with Gasteiger partial charge in [0.2, 0.25) is 0 Å². The molecule has 13 N–H and O–H groups in total. The second kappa shape index (κ2) is 31.3. The van der Waals surface area contributed by atoms with E-state index in [1.54, 1.807) is 12.1 Å². The van der Waals surface area contributed by atoms with Crippen molar-refractivity contribution in [2.24, 2.45) is 0 Å². The molecule has 422 valence electrons. The average molecular weight is 1090 g/mol. The van der Waals surface area contributed by atoms with Crippen LogP contribution in [-0.4, -0.2) is 188 Å². The Kier molecular flexibility index (Phi) is 25.5. The van der Waals surface area contributed by atoms with Gasteiger partial charge in [-0.05, 0) is 94.2 Å². The number of aliphatic carboxylic acids is 6. The lowest BCUT2D eigenvalue weighted by Gasteiger charge is -2.35. The van der Waals surface area contributed by atoms with Gasteiger partial charge in [0.1, 0.15) is 24.2 Å². The smallest absolute Gasteiger partial charge is 0.326 e. The van der Waals surface area contributed by atoms with Gasteiger partial charge in [-0.25, -0.2) is 33.6 Å². The van der Waals surface area contributed by atoms with E-state index in [4.69, 9.17) is 15.6 Å². The van der Waals surface area contributed by atoms with Gasteiger partial charge in [0.05, 0.1) is 13.2 Å². The van der Waals surface area contributed by atoms with Crippen LogP contribution in [0, 0.1) is 5.41 Å². The van der Waals surface area contributed by atoms with Crippen molar-refractivity contribution in [1.29, 1.82) is 5.41 Å². The number of carbonyl (C=O) groups excluding carboxylic acids is 5. The van der Waals surface area contributed by atoms with Crippen LogP contribution in [0.1, 0.15) is 104 Å². The van der Waals surface area contributed by atoms with Gasteiger partial charge in [-0.3, -0.25) is 23.6 Å². The molecule has 0 aromatic heterocycles. The molecule has 28 heteroatoms. The molecule has 8 amide bonds. The van der Waals surface area contributed by atoms with Crippen molar-refractivity contribution in [3.8, 4) is 0 Å². The van der Waals surface area contributed by atoms with E-state index in [1.165, 1.54) is 40.1 Å². The van der Waals surface area contributed by atoms with Crippen LogP contribution in [0.4, 0.5) is 30.1 Å². The topological polar surface area (TPSA) is 415 Å². The van der Waals surface area contributed by atoms with Gasteiger partial charge >= 0.3 is 53.9 Å². The van der Waals surface area contributed by atoms with Crippen LogP contribution in [0.2, 0.25) is 0 Å². The van der Waals surface area contributed by atoms with E-state index in [9.17, 15) is 77.6 Å². The average Bonchev–Trinajstić information content (AvgIpc) is 3.38. The molecule has 5 unspecified atom stereocenters. The number of rotatable bonds is 32. The minimum atomic E-state index is -1.58. The van der Waals surface area contributed by atoms with Gasteiger partial charge in [-0.1, -0.05) is 19.1 Å². The number of nitrogens with one attached hydrogen (secondary N) is 7. The number of hydrogen-bond acceptors (Lipinski definition) is 13. The molecule has 0 aliphatic carbocycles. The summed E-state index contributed by atoms with van der Waals surface area (Å²) >= 11 is 0. The largest absolute Gasteiger partial charge is 0.481 e. The van der Waals surface area contributed by atoms with Crippen LogP contribution >= 0.6 is 0 Å². The second-order valence-electron chi connectivity index (χ2n) is 18.1. The molecule has 3 rings (SSSR count). The Morgan fingerprint density at radius 2 is 1.13 bits per heavy atom. The molecule has 1 aliphatic rings. The SMILES string of the molecule is CCC(C)N(CC(=N)CCCF)c1cc(C(=O)NCCCCC(NC(=O)NC(CCC(=O)O)C(=O)O)C(=O)O)cc(C(=O)N2CCN(C(=O)Nc3ccc(CC(NC(=O)NC(CCC(=O)O)C(=O)O)C(=O)O)cc3)CC2)c1. The zero-order valence-electron chi connectivity index (χ0n) is 42.5. The summed E-state index contributed by atoms with van der Waals surface area (Å²) in [6, 6.07) is 1.46. The van der Waals surface area contributed by atoms with E-state index in [1.807, 2.05) is 18.7 Å². The summed E-state index contributed by atoms with van der Waals surface area (Å²) in [7, 11) is 0. The van der Waals surface area contributed by atoms with Crippen molar-refractivity contribution in [2.75, 3.05) is 56.2 Å². The molecule has 0 bridgehead atoms. The third-order valence-electron chi connectivity index (χ3n) is 12.3. The van der Waals surface area contributed by atoms with E-state index < -0.39 is 122 Å². The highest BCUT2D eigenvalue weighted by Gasteiger charge is 2.30. The maximum atomic E-state index is 14.2. The third-order valence-corrected chi connectivity index (χ3v) is 12.3. The maximum Gasteiger partial charge on any atom is 0.326 e. The van der Waals surface area contributed by atoms with E-state index in [0.717, 1.165) is 0 Å². The number of carbonyl (C=O) groups is 11. The lowest BCUT2D eigenvalue weighted by atomic mass is 10.0. The van der Waals surface area contributed by atoms with Crippen LogP contribution < -0.4 is 36.8 Å². The minimum absolute atomic E-state index is 0.0266. The molecule has 5 atom stereocenters. The van der Waals surface area contributed by atoms with Gasteiger partial charge in [-0.2, -0.15) is 0 Å². The number of unbranched alkanes of at least 4 members (excludes halogenated alkanes) is 1. The number of benzene rings is 2. The standard InChI is InChI=1S/C49H67FN10O17/c1-3-28(2)60(27-32(51)7-6-17-50)34-25-30(41(65)52-18-5-4-8-35(43(67)68)54-47(75)55-36(44(69)70)13-15-39(61)62)24-31(26-34)42(66)58-19-21-59(22-20-58)49(77)53-33-11-9-29(10-12-33)23-38(46(73)74)57-48(76)56-37(45(71)72)14-16-40(63)64/h9-12,24-26,28,35-38,51H,3-8,13-23,27H2,1-2H3,(H,52,65)(H,53,77)(H,61,62)(H,63,64)(H,67,68)(H,69,70)(H,71,72)(H,73,74)(H2,54,55,75)(H2,56,57,76). The number of halogens is 1. The second-order valence-corrected chi connectivity index (χ2v) is 18.1. The first-order chi connectivity index (χ1) is 36.4. The summed E-state index contributed by atoms with van der Waals surface area (Å²) in [6.07, 6.45) is -1.03. The molecule has 1 aliphatic heterocycles. The van der Waals surface area contributed by atoms with Crippen molar-refractivity contribution in [2.45, 2.75) is 115 Å². The fourth-order valence-corrected chi connectivity index (χ4v) is 7.78. The number of urea groups is 3. The first-order valence-electron chi connectivity index (χ1n) is 24.7. The molecule has 2 aromatic carbocycles. The normalized spacial score (nSPS) is 14.0. The Morgan fingerprint density at radius 1 is 0.636 bits per heavy atom. The molecule has 1 heterocycles. The number of anilines is 2. The summed E-state index contributed by atoms with van der Waals surface area (Å²) in [4.78, 5) is 140. The zero-order chi connectivity index (χ0) is 57.4. The summed E-state index contributed by atoms with van der Waals surface area (Å²) in [6.45, 7) is 3.67. The molecule has 27 nitrogen and oxygen atoms in total. The summed E-state index contributed by atoms with van der Waals surface area (Å²) in [5.41, 5.74) is 1.62. The fraction of sp³-hybridized carbons (Fsp3) is 0.510. The third kappa shape index (κ3) is 21.7. The van der Waals surface area contributed by atoms with Crippen molar-refractivity contribution < 1.29 is 87.8 Å². The van der Waals surface area contributed by atoms with Crippen molar-refractivity contribution in [3.05, 3.63) is 59.2 Å². The Hall–Kier alpha value is -8.59. The number of alkyl halides is 1. The Bertz CT molecular complexity index is 2450. The van der Waals surface area contributed by atoms with Crippen molar-refractivity contribution in [1.82, 2.24) is 36.4 Å². The van der Waals surface area contributed by atoms with Gasteiger partial charge in [0, 0.05) is 86.2 Å². The number of hydrogen-bond donors (Lipinski definition) is 13. The van der Waals surface area contributed by atoms with Gasteiger partial charge in [0.25, 0.3) is 11.8 Å². The van der Waals surface area contributed by atoms with E-state index >= 15 is 0 Å². The summed E-state index contributed by atoms with van der Waals surface area (Å²) in [5.74, 6) is -9.50. The highest BCUT2D eigenvalue weighted by atomic mass is 19.1. The van der Waals surface area contributed by atoms with Gasteiger partial charge in [0.15, 0.2) is 0 Å². The van der Waals surface area contributed by atoms with Crippen LogP contribution in [0.3, 0.4) is 0 Å². The predicted octanol–water partition coefficient (Wildman–Crippen LogP) is 2.63. The van der Waals surface area contributed by atoms with E-state index in [0.29, 0.717) is 23.4 Å². The van der Waals surface area contributed by atoms with E-state index in [-0.39, 0.29) is 101 Å². The van der Waals surface area contributed by atoms with E-state index in [2.05, 4.69) is 31.9 Å².